The Morgan fingerprint density at radius 1 is 1.82 bits per heavy atom. The maximum absolute atomic E-state index is 11.0. The summed E-state index contributed by atoms with van der Waals surface area (Å²) in [4.78, 5) is 11.0. The summed E-state index contributed by atoms with van der Waals surface area (Å²) in [5.74, 6) is -0.319. The van der Waals surface area contributed by atoms with Crippen LogP contribution in [0, 0.1) is 0 Å². The molecule has 0 aromatic rings. The molecule has 0 aromatic carbocycles. The second-order valence-electron chi connectivity index (χ2n) is 2.61. The smallest absolute Gasteiger partial charge is 0.323 e. The molecule has 0 amide bonds. The van der Waals surface area contributed by atoms with E-state index < -0.39 is 6.04 Å². The van der Waals surface area contributed by atoms with Crippen LogP contribution in [-0.2, 0) is 14.3 Å². The van der Waals surface area contributed by atoms with Crippen LogP contribution in [0.4, 0.5) is 0 Å². The van der Waals surface area contributed by atoms with Gasteiger partial charge in [-0.05, 0) is 6.42 Å². The van der Waals surface area contributed by atoms with Crippen LogP contribution in [0.3, 0.4) is 0 Å². The lowest BCUT2D eigenvalue weighted by Crippen LogP contribution is -2.42. The Balaban J connectivity index is 2.19. The molecule has 1 rings (SSSR count). The van der Waals surface area contributed by atoms with Crippen LogP contribution in [0.5, 0.6) is 0 Å². The van der Waals surface area contributed by atoms with Gasteiger partial charge >= 0.3 is 5.97 Å². The molecule has 0 unspecified atom stereocenters. The minimum atomic E-state index is -0.476. The summed E-state index contributed by atoms with van der Waals surface area (Å²) in [6, 6.07) is -0.476. The molecule has 2 N–H and O–H groups in total. The second-order valence-corrected chi connectivity index (χ2v) is 2.61. The molecule has 1 saturated heterocycles. The Morgan fingerprint density at radius 2 is 2.45 bits per heavy atom. The fourth-order valence-electron chi connectivity index (χ4n) is 0.700. The molecule has 1 fully saturated rings. The number of carbonyl (C=O) groups is 1. The van der Waals surface area contributed by atoms with Crippen molar-refractivity contribution in [1.29, 1.82) is 0 Å². The van der Waals surface area contributed by atoms with Crippen molar-refractivity contribution in [2.75, 3.05) is 13.2 Å². The Hall–Kier alpha value is -0.610. The van der Waals surface area contributed by atoms with E-state index in [-0.39, 0.29) is 12.1 Å². The number of hydrogen-bond acceptors (Lipinski definition) is 4. The summed E-state index contributed by atoms with van der Waals surface area (Å²) in [6.07, 6.45) is 0.562. The molecule has 64 valence electrons. The van der Waals surface area contributed by atoms with Crippen molar-refractivity contribution in [3.05, 3.63) is 0 Å². The number of carbonyl (C=O) groups excluding carboxylic acids is 1. The van der Waals surface area contributed by atoms with E-state index in [2.05, 4.69) is 0 Å². The highest BCUT2D eigenvalue weighted by Gasteiger charge is 2.24. The van der Waals surface area contributed by atoms with Gasteiger partial charge in [-0.15, -0.1) is 0 Å². The van der Waals surface area contributed by atoms with Crippen molar-refractivity contribution in [3.63, 3.8) is 0 Å². The average Bonchev–Trinajstić information content (AvgIpc) is 1.94. The standard InChI is InChI=1S/C7H13NO3/c1-2-6(8)7(9)11-5-3-10-4-5/h5-6H,2-4,8H2,1H3/t6-/m1/s1. The summed E-state index contributed by atoms with van der Waals surface area (Å²) >= 11 is 0. The van der Waals surface area contributed by atoms with Gasteiger partial charge in [-0.2, -0.15) is 0 Å². The van der Waals surface area contributed by atoms with Gasteiger partial charge in [0.2, 0.25) is 0 Å². The Kier molecular flexibility index (Phi) is 2.84. The first-order valence-electron chi connectivity index (χ1n) is 3.78. The lowest BCUT2D eigenvalue weighted by atomic mass is 10.2. The van der Waals surface area contributed by atoms with Crippen molar-refractivity contribution in [1.82, 2.24) is 0 Å². The monoisotopic (exact) mass is 159 g/mol. The summed E-state index contributed by atoms with van der Waals surface area (Å²) in [7, 11) is 0. The highest BCUT2D eigenvalue weighted by Crippen LogP contribution is 2.06. The van der Waals surface area contributed by atoms with Gasteiger partial charge < -0.3 is 15.2 Å². The molecular formula is C7H13NO3. The van der Waals surface area contributed by atoms with Gasteiger partial charge in [-0.1, -0.05) is 6.92 Å². The van der Waals surface area contributed by atoms with Crippen LogP contribution in [-0.4, -0.2) is 31.3 Å². The van der Waals surface area contributed by atoms with Gasteiger partial charge in [0.1, 0.15) is 12.1 Å². The van der Waals surface area contributed by atoms with Gasteiger partial charge in [-0.3, -0.25) is 4.79 Å². The molecule has 0 radical (unpaired) electrons. The first-order chi connectivity index (χ1) is 5.24. The lowest BCUT2D eigenvalue weighted by molar-refractivity contribution is -0.173. The fraction of sp³-hybridized carbons (Fsp3) is 0.857. The third kappa shape index (κ3) is 2.17. The van der Waals surface area contributed by atoms with Crippen LogP contribution in [0.2, 0.25) is 0 Å². The average molecular weight is 159 g/mol. The lowest BCUT2D eigenvalue weighted by Gasteiger charge is -2.26. The van der Waals surface area contributed by atoms with Crippen molar-refractivity contribution in [3.8, 4) is 0 Å². The molecule has 4 heteroatoms. The quantitative estimate of drug-likeness (QED) is 0.572. The molecule has 0 spiro atoms. The van der Waals surface area contributed by atoms with Crippen LogP contribution < -0.4 is 5.73 Å². The van der Waals surface area contributed by atoms with E-state index in [0.717, 1.165) is 0 Å². The zero-order valence-corrected chi connectivity index (χ0v) is 6.58. The highest BCUT2D eigenvalue weighted by atomic mass is 16.6. The van der Waals surface area contributed by atoms with E-state index in [0.29, 0.717) is 19.6 Å². The summed E-state index contributed by atoms with van der Waals surface area (Å²) < 4.78 is 9.78. The highest BCUT2D eigenvalue weighted by molar-refractivity contribution is 5.75. The predicted octanol–water partition coefficient (Wildman–Crippen LogP) is -0.334. The van der Waals surface area contributed by atoms with E-state index in [1.54, 1.807) is 0 Å². The first kappa shape index (κ1) is 8.49. The van der Waals surface area contributed by atoms with Crippen LogP contribution in [0.1, 0.15) is 13.3 Å². The number of hydrogen-bond donors (Lipinski definition) is 1. The number of ether oxygens (including phenoxy) is 2. The molecule has 0 bridgehead atoms. The van der Waals surface area contributed by atoms with E-state index >= 15 is 0 Å². The largest absolute Gasteiger partial charge is 0.456 e. The van der Waals surface area contributed by atoms with E-state index in [1.807, 2.05) is 6.92 Å². The van der Waals surface area contributed by atoms with Gasteiger partial charge in [0.15, 0.2) is 0 Å². The minimum Gasteiger partial charge on any atom is -0.456 e. The molecule has 1 aliphatic heterocycles. The number of nitrogens with two attached hydrogens (primary N) is 1. The summed E-state index contributed by atoms with van der Waals surface area (Å²) in [5.41, 5.74) is 5.43. The zero-order chi connectivity index (χ0) is 8.27. The molecule has 11 heavy (non-hydrogen) atoms. The zero-order valence-electron chi connectivity index (χ0n) is 6.58. The SMILES string of the molecule is CC[C@@H](N)C(=O)OC1COC1. The topological polar surface area (TPSA) is 61.6 Å². The Morgan fingerprint density at radius 3 is 2.82 bits per heavy atom. The molecular weight excluding hydrogens is 146 g/mol. The molecule has 1 atom stereocenters. The van der Waals surface area contributed by atoms with Gasteiger partial charge in [0.05, 0.1) is 13.2 Å². The number of esters is 1. The molecule has 0 saturated carbocycles. The van der Waals surface area contributed by atoms with Crippen molar-refractivity contribution >= 4 is 5.97 Å². The summed E-state index contributed by atoms with van der Waals surface area (Å²) in [6.45, 7) is 2.88. The van der Waals surface area contributed by atoms with Crippen molar-refractivity contribution in [2.24, 2.45) is 5.73 Å². The van der Waals surface area contributed by atoms with Gasteiger partial charge in [0, 0.05) is 0 Å². The van der Waals surface area contributed by atoms with E-state index in [4.69, 9.17) is 15.2 Å². The minimum absolute atomic E-state index is 0.0555. The number of rotatable bonds is 3. The Bertz CT molecular complexity index is 145. The van der Waals surface area contributed by atoms with Crippen LogP contribution in [0.15, 0.2) is 0 Å². The third-order valence-electron chi connectivity index (χ3n) is 1.63. The maximum Gasteiger partial charge on any atom is 0.323 e. The normalized spacial score (nSPS) is 20.5. The fourth-order valence-corrected chi connectivity index (χ4v) is 0.700. The third-order valence-corrected chi connectivity index (χ3v) is 1.63. The van der Waals surface area contributed by atoms with Gasteiger partial charge in [0.25, 0.3) is 0 Å². The molecule has 4 nitrogen and oxygen atoms in total. The molecule has 0 aromatic heterocycles. The van der Waals surface area contributed by atoms with Crippen LogP contribution >= 0.6 is 0 Å². The first-order valence-corrected chi connectivity index (χ1v) is 3.78. The predicted molar refractivity (Wildman–Crippen MR) is 39.0 cm³/mol. The summed E-state index contributed by atoms with van der Waals surface area (Å²) in [5, 5.41) is 0. The maximum atomic E-state index is 11.0. The van der Waals surface area contributed by atoms with Crippen LogP contribution in [0.25, 0.3) is 0 Å². The molecule has 0 aliphatic carbocycles. The van der Waals surface area contributed by atoms with E-state index in [9.17, 15) is 4.79 Å². The van der Waals surface area contributed by atoms with Gasteiger partial charge in [-0.25, -0.2) is 0 Å². The molecule has 1 heterocycles. The Labute approximate surface area is 65.7 Å². The van der Waals surface area contributed by atoms with E-state index in [1.165, 1.54) is 0 Å². The second kappa shape index (κ2) is 3.69. The van der Waals surface area contributed by atoms with Crippen molar-refractivity contribution in [2.45, 2.75) is 25.5 Å². The van der Waals surface area contributed by atoms with Crippen molar-refractivity contribution < 1.29 is 14.3 Å². The molecule has 1 aliphatic rings.